The van der Waals surface area contributed by atoms with E-state index in [4.69, 9.17) is 10.4 Å². The molecule has 70 valence electrons. The van der Waals surface area contributed by atoms with E-state index < -0.39 is 14.0 Å². The SMILES string of the molecule is CCC(CC)(N=[N+]=[N-])O[PH](=O)O. The van der Waals surface area contributed by atoms with Crippen molar-refractivity contribution in [2.45, 2.75) is 32.4 Å². The second kappa shape index (κ2) is 5.17. The summed E-state index contributed by atoms with van der Waals surface area (Å²) < 4.78 is 15.0. The molecule has 0 aromatic rings. The molecule has 1 atom stereocenters. The summed E-state index contributed by atoms with van der Waals surface area (Å²) >= 11 is 0. The van der Waals surface area contributed by atoms with Crippen molar-refractivity contribution in [3.05, 3.63) is 10.4 Å². The van der Waals surface area contributed by atoms with E-state index in [1.807, 2.05) is 0 Å². The van der Waals surface area contributed by atoms with Gasteiger partial charge in [-0.15, -0.1) is 0 Å². The van der Waals surface area contributed by atoms with Crippen molar-refractivity contribution >= 4 is 8.25 Å². The fourth-order valence-electron chi connectivity index (χ4n) is 0.800. The van der Waals surface area contributed by atoms with Crippen LogP contribution in [0.3, 0.4) is 0 Å². The van der Waals surface area contributed by atoms with Crippen LogP contribution in [0.15, 0.2) is 5.11 Å². The zero-order chi connectivity index (χ0) is 9.61. The van der Waals surface area contributed by atoms with Crippen LogP contribution in [0.25, 0.3) is 10.4 Å². The molecular formula is C5H12N3O3P. The Hall–Kier alpha value is -0.540. The van der Waals surface area contributed by atoms with Gasteiger partial charge in [-0.25, -0.2) is 0 Å². The van der Waals surface area contributed by atoms with E-state index >= 15 is 0 Å². The van der Waals surface area contributed by atoms with Crippen molar-refractivity contribution in [1.82, 2.24) is 0 Å². The molecule has 0 saturated heterocycles. The van der Waals surface area contributed by atoms with Crippen molar-refractivity contribution in [3.63, 3.8) is 0 Å². The molecule has 0 aromatic heterocycles. The number of azide groups is 1. The van der Waals surface area contributed by atoms with Gasteiger partial charge >= 0.3 is 8.25 Å². The lowest BCUT2D eigenvalue weighted by Gasteiger charge is -2.23. The van der Waals surface area contributed by atoms with Crippen LogP contribution in [-0.4, -0.2) is 10.6 Å². The molecule has 0 aliphatic rings. The van der Waals surface area contributed by atoms with Gasteiger partial charge in [-0.05, 0) is 18.4 Å². The highest BCUT2D eigenvalue weighted by Crippen LogP contribution is 2.32. The molecule has 0 heterocycles. The summed E-state index contributed by atoms with van der Waals surface area (Å²) in [6.45, 7) is 3.45. The third kappa shape index (κ3) is 3.24. The van der Waals surface area contributed by atoms with Gasteiger partial charge < -0.3 is 4.89 Å². The van der Waals surface area contributed by atoms with Gasteiger partial charge in [-0.3, -0.25) is 9.09 Å². The van der Waals surface area contributed by atoms with E-state index in [0.29, 0.717) is 12.8 Å². The maximum Gasteiger partial charge on any atom is 0.317 e. The molecule has 0 rings (SSSR count). The lowest BCUT2D eigenvalue weighted by Crippen LogP contribution is -2.24. The summed E-state index contributed by atoms with van der Waals surface area (Å²) in [4.78, 5) is 11.1. The molecule has 0 saturated carbocycles. The van der Waals surface area contributed by atoms with Gasteiger partial charge in [0.05, 0.1) is 0 Å². The number of hydrogen-bond donors (Lipinski definition) is 1. The number of hydrogen-bond acceptors (Lipinski definition) is 3. The molecule has 7 heteroatoms. The van der Waals surface area contributed by atoms with Crippen LogP contribution in [0.4, 0.5) is 0 Å². The molecule has 6 nitrogen and oxygen atoms in total. The van der Waals surface area contributed by atoms with Crippen LogP contribution in [0, 0.1) is 0 Å². The van der Waals surface area contributed by atoms with Gasteiger partial charge in [0.25, 0.3) is 0 Å². The van der Waals surface area contributed by atoms with E-state index in [1.54, 1.807) is 13.8 Å². The number of nitrogens with zero attached hydrogens (tertiary/aromatic N) is 3. The third-order valence-electron chi connectivity index (χ3n) is 1.61. The number of rotatable bonds is 5. The Balaban J connectivity index is 4.56. The van der Waals surface area contributed by atoms with Gasteiger partial charge in [-0.2, -0.15) is 0 Å². The standard InChI is InChI=1S/C5H12N3O3P/c1-3-5(4-2,7-8-6)11-12(9)10/h12H,3-4H2,1-2H3,(H,9,10). The molecular weight excluding hydrogens is 181 g/mol. The molecule has 1 N–H and O–H groups in total. The first-order chi connectivity index (χ1) is 5.60. The molecule has 0 amide bonds. The highest BCUT2D eigenvalue weighted by atomic mass is 31.1. The van der Waals surface area contributed by atoms with Crippen molar-refractivity contribution < 1.29 is 14.0 Å². The Labute approximate surface area is 71.1 Å². The predicted molar refractivity (Wildman–Crippen MR) is 44.8 cm³/mol. The summed E-state index contributed by atoms with van der Waals surface area (Å²) in [5, 5.41) is 3.36. The summed E-state index contributed by atoms with van der Waals surface area (Å²) in [5.74, 6) is 0. The summed E-state index contributed by atoms with van der Waals surface area (Å²) in [6, 6.07) is 0. The normalized spacial score (nSPS) is 13.6. The molecule has 0 radical (unpaired) electrons. The quantitative estimate of drug-likeness (QED) is 0.313. The molecule has 1 unspecified atom stereocenters. The molecule has 0 bridgehead atoms. The van der Waals surface area contributed by atoms with Crippen molar-refractivity contribution in [2.75, 3.05) is 0 Å². The van der Waals surface area contributed by atoms with Crippen molar-refractivity contribution in [1.29, 1.82) is 0 Å². The first-order valence-corrected chi connectivity index (χ1v) is 4.84. The lowest BCUT2D eigenvalue weighted by atomic mass is 10.1. The predicted octanol–water partition coefficient (Wildman–Crippen LogP) is 2.21. The third-order valence-corrected chi connectivity index (χ3v) is 2.16. The van der Waals surface area contributed by atoms with Gasteiger partial charge in [0, 0.05) is 4.91 Å². The van der Waals surface area contributed by atoms with E-state index in [9.17, 15) is 4.57 Å². The fraction of sp³-hybridized carbons (Fsp3) is 1.00. The van der Waals surface area contributed by atoms with Gasteiger partial charge in [0.15, 0.2) is 5.72 Å². The molecule has 0 spiro atoms. The van der Waals surface area contributed by atoms with Gasteiger partial charge in [0.2, 0.25) is 0 Å². The van der Waals surface area contributed by atoms with E-state index in [2.05, 4.69) is 14.5 Å². The smallest absolute Gasteiger partial charge is 0.317 e. The van der Waals surface area contributed by atoms with Crippen LogP contribution in [0.5, 0.6) is 0 Å². The molecule has 0 aromatic carbocycles. The minimum absolute atomic E-state index is 0.379. The van der Waals surface area contributed by atoms with E-state index in [-0.39, 0.29) is 0 Å². The molecule has 0 aliphatic heterocycles. The second-order valence-electron chi connectivity index (χ2n) is 2.21. The Morgan fingerprint density at radius 3 is 2.42 bits per heavy atom. The zero-order valence-corrected chi connectivity index (χ0v) is 8.02. The Morgan fingerprint density at radius 2 is 2.17 bits per heavy atom. The van der Waals surface area contributed by atoms with Crippen molar-refractivity contribution in [2.24, 2.45) is 5.11 Å². The van der Waals surface area contributed by atoms with Crippen molar-refractivity contribution in [3.8, 4) is 0 Å². The molecule has 12 heavy (non-hydrogen) atoms. The second-order valence-corrected chi connectivity index (χ2v) is 2.95. The largest absolute Gasteiger partial charge is 0.326 e. The summed E-state index contributed by atoms with van der Waals surface area (Å²) in [5.41, 5.74) is 7.03. The van der Waals surface area contributed by atoms with E-state index in [0.717, 1.165) is 0 Å². The van der Waals surface area contributed by atoms with E-state index in [1.165, 1.54) is 0 Å². The van der Waals surface area contributed by atoms with Crippen LogP contribution in [0.2, 0.25) is 0 Å². The fourth-order valence-corrected chi connectivity index (χ4v) is 1.45. The first-order valence-electron chi connectivity index (χ1n) is 3.58. The van der Waals surface area contributed by atoms with Crippen LogP contribution in [-0.2, 0) is 9.09 Å². The highest BCUT2D eigenvalue weighted by molar-refractivity contribution is 7.32. The zero-order valence-electron chi connectivity index (χ0n) is 7.02. The average molecular weight is 193 g/mol. The Kier molecular flexibility index (Phi) is 4.93. The highest BCUT2D eigenvalue weighted by Gasteiger charge is 2.27. The molecule has 0 fully saturated rings. The summed E-state index contributed by atoms with van der Waals surface area (Å²) in [7, 11) is -3.05. The van der Waals surface area contributed by atoms with Crippen LogP contribution in [0.1, 0.15) is 26.7 Å². The van der Waals surface area contributed by atoms with Gasteiger partial charge in [-0.1, -0.05) is 19.0 Å². The first kappa shape index (κ1) is 11.5. The monoisotopic (exact) mass is 193 g/mol. The topological polar surface area (TPSA) is 95.3 Å². The summed E-state index contributed by atoms with van der Waals surface area (Å²) in [6.07, 6.45) is 0.759. The van der Waals surface area contributed by atoms with Crippen LogP contribution < -0.4 is 0 Å². The molecule has 0 aliphatic carbocycles. The maximum atomic E-state index is 10.4. The van der Waals surface area contributed by atoms with Crippen LogP contribution >= 0.6 is 8.25 Å². The minimum Gasteiger partial charge on any atom is -0.326 e. The average Bonchev–Trinajstić information content (AvgIpc) is 2.03. The minimum atomic E-state index is -3.05. The van der Waals surface area contributed by atoms with Gasteiger partial charge in [0.1, 0.15) is 0 Å². The Bertz CT molecular complexity index is 210. The lowest BCUT2D eigenvalue weighted by molar-refractivity contribution is 0.0636. The Morgan fingerprint density at radius 1 is 1.67 bits per heavy atom. The maximum absolute atomic E-state index is 10.4.